The Morgan fingerprint density at radius 1 is 1.28 bits per heavy atom. The van der Waals surface area contributed by atoms with Crippen LogP contribution in [0.15, 0.2) is 18.2 Å². The Balaban J connectivity index is 3.07. The van der Waals surface area contributed by atoms with E-state index in [0.29, 0.717) is 24.4 Å². The van der Waals surface area contributed by atoms with Crippen LogP contribution in [0.2, 0.25) is 0 Å². The predicted molar refractivity (Wildman–Crippen MR) is 73.2 cm³/mol. The lowest BCUT2D eigenvalue weighted by Crippen LogP contribution is -2.29. The van der Waals surface area contributed by atoms with Crippen molar-refractivity contribution in [1.82, 2.24) is 0 Å². The molecular formula is C15H19N3. The molecule has 1 aromatic carbocycles. The highest BCUT2D eigenvalue weighted by Crippen LogP contribution is 2.23. The predicted octanol–water partition coefficient (Wildman–Crippen LogP) is 3.24. The normalized spacial score (nSPS) is 9.89. The monoisotopic (exact) mass is 241 g/mol. The van der Waals surface area contributed by atoms with Crippen molar-refractivity contribution in [2.75, 3.05) is 18.0 Å². The van der Waals surface area contributed by atoms with Crippen molar-refractivity contribution < 1.29 is 0 Å². The molecule has 0 fully saturated rings. The Morgan fingerprint density at radius 3 is 2.56 bits per heavy atom. The van der Waals surface area contributed by atoms with E-state index in [4.69, 9.17) is 5.26 Å². The lowest BCUT2D eigenvalue weighted by molar-refractivity contribution is 0.612. The fraction of sp³-hybridized carbons (Fsp3) is 0.467. The third kappa shape index (κ3) is 3.79. The molecule has 0 aliphatic rings. The third-order valence-electron chi connectivity index (χ3n) is 2.69. The van der Waals surface area contributed by atoms with Gasteiger partial charge in [-0.15, -0.1) is 0 Å². The van der Waals surface area contributed by atoms with Gasteiger partial charge in [-0.25, -0.2) is 0 Å². The molecule has 0 aliphatic heterocycles. The van der Waals surface area contributed by atoms with Gasteiger partial charge in [0.15, 0.2) is 0 Å². The molecule has 18 heavy (non-hydrogen) atoms. The van der Waals surface area contributed by atoms with E-state index < -0.39 is 0 Å². The van der Waals surface area contributed by atoms with Gasteiger partial charge in [-0.2, -0.15) is 10.5 Å². The summed E-state index contributed by atoms with van der Waals surface area (Å²) in [5, 5.41) is 17.9. The molecule has 0 atom stereocenters. The minimum absolute atomic E-state index is 0.478. The maximum Gasteiger partial charge on any atom is 0.101 e. The molecule has 0 saturated carbocycles. The standard InChI is InChI=1S/C15H19N3/c1-12(2)11-18(8-4-7-16)15-9-13(3)5-6-14(15)10-17/h5-6,9,12H,4,8,11H2,1-3H3. The molecule has 0 bridgehead atoms. The summed E-state index contributed by atoms with van der Waals surface area (Å²) in [5.74, 6) is 0.496. The van der Waals surface area contributed by atoms with E-state index in [1.807, 2.05) is 25.1 Å². The Morgan fingerprint density at radius 2 is 2.00 bits per heavy atom. The highest BCUT2D eigenvalue weighted by molar-refractivity contribution is 5.60. The Kier molecular flexibility index (Phi) is 5.21. The quantitative estimate of drug-likeness (QED) is 0.795. The van der Waals surface area contributed by atoms with Crippen molar-refractivity contribution in [1.29, 1.82) is 10.5 Å². The molecule has 0 radical (unpaired) electrons. The van der Waals surface area contributed by atoms with Crippen LogP contribution in [0.5, 0.6) is 0 Å². The van der Waals surface area contributed by atoms with E-state index in [1.54, 1.807) is 0 Å². The van der Waals surface area contributed by atoms with Gasteiger partial charge < -0.3 is 4.90 Å². The summed E-state index contributed by atoms with van der Waals surface area (Å²) in [5.41, 5.74) is 2.76. The molecule has 0 N–H and O–H groups in total. The number of aryl methyl sites for hydroxylation is 1. The van der Waals surface area contributed by atoms with Crippen LogP contribution in [0.1, 0.15) is 31.4 Å². The van der Waals surface area contributed by atoms with Gasteiger partial charge in [-0.05, 0) is 30.5 Å². The smallest absolute Gasteiger partial charge is 0.101 e. The van der Waals surface area contributed by atoms with Gasteiger partial charge in [0.25, 0.3) is 0 Å². The molecule has 0 amide bonds. The van der Waals surface area contributed by atoms with Crippen LogP contribution in [0, 0.1) is 35.5 Å². The second-order valence-corrected chi connectivity index (χ2v) is 4.88. The van der Waals surface area contributed by atoms with E-state index in [2.05, 4.69) is 30.9 Å². The lowest BCUT2D eigenvalue weighted by Gasteiger charge is -2.27. The zero-order chi connectivity index (χ0) is 13.5. The van der Waals surface area contributed by atoms with Crippen LogP contribution in [0.25, 0.3) is 0 Å². The van der Waals surface area contributed by atoms with Crippen LogP contribution >= 0.6 is 0 Å². The molecule has 3 heteroatoms. The molecule has 1 rings (SSSR count). The molecule has 94 valence electrons. The summed E-state index contributed by atoms with van der Waals surface area (Å²) in [7, 11) is 0. The number of benzene rings is 1. The second-order valence-electron chi connectivity index (χ2n) is 4.88. The summed E-state index contributed by atoms with van der Waals surface area (Å²) in [6, 6.07) is 10.2. The van der Waals surface area contributed by atoms with E-state index in [9.17, 15) is 5.26 Å². The second kappa shape index (κ2) is 6.67. The van der Waals surface area contributed by atoms with Gasteiger partial charge in [-0.1, -0.05) is 19.9 Å². The van der Waals surface area contributed by atoms with Gasteiger partial charge in [-0.3, -0.25) is 0 Å². The van der Waals surface area contributed by atoms with E-state index >= 15 is 0 Å². The summed E-state index contributed by atoms with van der Waals surface area (Å²) < 4.78 is 0. The number of hydrogen-bond donors (Lipinski definition) is 0. The van der Waals surface area contributed by atoms with Crippen LogP contribution < -0.4 is 4.90 Å². The maximum atomic E-state index is 9.18. The van der Waals surface area contributed by atoms with Crippen molar-refractivity contribution in [3.63, 3.8) is 0 Å². The van der Waals surface area contributed by atoms with Gasteiger partial charge in [0.05, 0.1) is 23.7 Å². The van der Waals surface area contributed by atoms with Crippen LogP contribution in [0.4, 0.5) is 5.69 Å². The third-order valence-corrected chi connectivity index (χ3v) is 2.69. The fourth-order valence-corrected chi connectivity index (χ4v) is 1.93. The average Bonchev–Trinajstić information content (AvgIpc) is 2.34. The molecule has 0 saturated heterocycles. The van der Waals surface area contributed by atoms with Gasteiger partial charge in [0, 0.05) is 13.1 Å². The van der Waals surface area contributed by atoms with Crippen LogP contribution in [-0.4, -0.2) is 13.1 Å². The number of hydrogen-bond acceptors (Lipinski definition) is 3. The average molecular weight is 241 g/mol. The van der Waals surface area contributed by atoms with Gasteiger partial charge >= 0.3 is 0 Å². The van der Waals surface area contributed by atoms with Gasteiger partial charge in [0.1, 0.15) is 6.07 Å². The highest BCUT2D eigenvalue weighted by Gasteiger charge is 2.12. The van der Waals surface area contributed by atoms with Crippen LogP contribution in [-0.2, 0) is 0 Å². The molecule has 0 heterocycles. The number of rotatable bonds is 5. The summed E-state index contributed by atoms with van der Waals surface area (Å²) in [6.45, 7) is 7.83. The lowest BCUT2D eigenvalue weighted by atomic mass is 10.1. The van der Waals surface area contributed by atoms with Crippen molar-refractivity contribution in [3.8, 4) is 12.1 Å². The number of nitrogens with zero attached hydrogens (tertiary/aromatic N) is 3. The first-order valence-electron chi connectivity index (χ1n) is 6.21. The highest BCUT2D eigenvalue weighted by atomic mass is 15.1. The largest absolute Gasteiger partial charge is 0.369 e. The topological polar surface area (TPSA) is 50.8 Å². The van der Waals surface area contributed by atoms with Crippen molar-refractivity contribution in [3.05, 3.63) is 29.3 Å². The van der Waals surface area contributed by atoms with Crippen LogP contribution in [0.3, 0.4) is 0 Å². The molecule has 1 aromatic rings. The first-order chi connectivity index (χ1) is 8.58. The minimum atomic E-state index is 0.478. The van der Waals surface area contributed by atoms with E-state index in [1.165, 1.54) is 0 Å². The Hall–Kier alpha value is -2.00. The summed E-state index contributed by atoms with van der Waals surface area (Å²) >= 11 is 0. The zero-order valence-corrected chi connectivity index (χ0v) is 11.3. The minimum Gasteiger partial charge on any atom is -0.369 e. The van der Waals surface area contributed by atoms with Crippen molar-refractivity contribution in [2.24, 2.45) is 5.92 Å². The zero-order valence-electron chi connectivity index (χ0n) is 11.3. The molecule has 0 aromatic heterocycles. The first kappa shape index (κ1) is 14.1. The Bertz CT molecular complexity index is 477. The summed E-state index contributed by atoms with van der Waals surface area (Å²) in [4.78, 5) is 2.14. The van der Waals surface area contributed by atoms with E-state index in [-0.39, 0.29) is 0 Å². The van der Waals surface area contributed by atoms with Gasteiger partial charge in [0.2, 0.25) is 0 Å². The first-order valence-corrected chi connectivity index (χ1v) is 6.21. The fourth-order valence-electron chi connectivity index (χ4n) is 1.93. The molecule has 3 nitrogen and oxygen atoms in total. The van der Waals surface area contributed by atoms with E-state index in [0.717, 1.165) is 17.8 Å². The van der Waals surface area contributed by atoms with Crippen molar-refractivity contribution >= 4 is 5.69 Å². The molecule has 0 spiro atoms. The van der Waals surface area contributed by atoms with Crippen molar-refractivity contribution in [2.45, 2.75) is 27.2 Å². The Labute approximate surface area is 109 Å². The molecular weight excluding hydrogens is 222 g/mol. The molecule has 0 unspecified atom stereocenters. The summed E-state index contributed by atoms with van der Waals surface area (Å²) in [6.07, 6.45) is 0.478. The molecule has 0 aliphatic carbocycles. The maximum absolute atomic E-state index is 9.18. The number of anilines is 1. The number of nitriles is 2. The SMILES string of the molecule is Cc1ccc(C#N)c(N(CCC#N)CC(C)C)c1.